The van der Waals surface area contributed by atoms with Crippen molar-refractivity contribution in [3.05, 3.63) is 42.1 Å². The van der Waals surface area contributed by atoms with Gasteiger partial charge >= 0.3 is 12.4 Å². The number of benzene rings is 1. The number of hydrogen-bond acceptors (Lipinski definition) is 6. The number of alkyl halides is 3. The first kappa shape index (κ1) is 22.4. The molecule has 0 aliphatic carbocycles. The molecule has 1 aromatic heterocycles. The Kier molecular flexibility index (Phi) is 5.79. The molecule has 1 N–H and O–H groups in total. The molecule has 0 bridgehead atoms. The van der Waals surface area contributed by atoms with E-state index in [0.717, 1.165) is 29.6 Å². The van der Waals surface area contributed by atoms with Crippen LogP contribution in [0, 0.1) is 11.8 Å². The highest BCUT2D eigenvalue weighted by molar-refractivity contribution is 7.92. The van der Waals surface area contributed by atoms with E-state index in [0.29, 0.717) is 19.6 Å². The van der Waals surface area contributed by atoms with E-state index in [-0.39, 0.29) is 29.4 Å². The summed E-state index contributed by atoms with van der Waals surface area (Å²) in [5.74, 6) is 0.328. The van der Waals surface area contributed by atoms with Crippen LogP contribution >= 0.6 is 0 Å². The SMILES string of the molecule is CS(=O)(=O)Nc1ccn(C(=O)N2CC3CN(Cc4cccc(OC(F)(F)F)c4)CC3C2)n1. The van der Waals surface area contributed by atoms with Gasteiger partial charge in [-0.1, -0.05) is 12.1 Å². The second kappa shape index (κ2) is 8.28. The number of sulfonamides is 1. The number of carbonyl (C=O) groups excluding carboxylic acids is 1. The summed E-state index contributed by atoms with van der Waals surface area (Å²) in [6.45, 7) is 3.01. The van der Waals surface area contributed by atoms with E-state index in [1.165, 1.54) is 30.5 Å². The summed E-state index contributed by atoms with van der Waals surface area (Å²) in [7, 11) is -3.48. The lowest BCUT2D eigenvalue weighted by molar-refractivity contribution is -0.274. The normalized spacial score (nSPS) is 21.6. The zero-order valence-electron chi connectivity index (χ0n) is 17.1. The summed E-state index contributed by atoms with van der Waals surface area (Å²) in [5, 5.41) is 3.97. The number of rotatable bonds is 5. The third kappa shape index (κ3) is 5.51. The molecule has 4 rings (SSSR count). The quantitative estimate of drug-likeness (QED) is 0.715. The molecule has 2 fully saturated rings. The van der Waals surface area contributed by atoms with Gasteiger partial charge in [0.1, 0.15) is 5.75 Å². The molecule has 1 amide bonds. The van der Waals surface area contributed by atoms with Crippen LogP contribution in [-0.2, 0) is 16.6 Å². The summed E-state index contributed by atoms with van der Waals surface area (Å²) in [6.07, 6.45) is -2.32. The van der Waals surface area contributed by atoms with Crippen LogP contribution < -0.4 is 9.46 Å². The molecule has 174 valence electrons. The molecule has 1 aromatic carbocycles. The number of ether oxygens (including phenoxy) is 1. The number of anilines is 1. The third-order valence-corrected chi connectivity index (χ3v) is 6.03. The molecule has 9 nitrogen and oxygen atoms in total. The summed E-state index contributed by atoms with van der Waals surface area (Å²) in [4.78, 5) is 16.6. The van der Waals surface area contributed by atoms with Gasteiger partial charge in [-0.25, -0.2) is 13.2 Å². The average molecular weight is 473 g/mol. The maximum Gasteiger partial charge on any atom is 0.573 e. The molecule has 2 aliphatic heterocycles. The first-order valence-electron chi connectivity index (χ1n) is 9.85. The van der Waals surface area contributed by atoms with Gasteiger partial charge < -0.3 is 9.64 Å². The highest BCUT2D eigenvalue weighted by atomic mass is 32.2. The Morgan fingerprint density at radius 2 is 1.88 bits per heavy atom. The number of hydrogen-bond donors (Lipinski definition) is 1. The van der Waals surface area contributed by atoms with Gasteiger partial charge in [0.25, 0.3) is 0 Å². The molecule has 2 unspecified atom stereocenters. The number of nitrogens with one attached hydrogen (secondary N) is 1. The largest absolute Gasteiger partial charge is 0.573 e. The van der Waals surface area contributed by atoms with Crippen molar-refractivity contribution in [2.45, 2.75) is 12.9 Å². The molecule has 32 heavy (non-hydrogen) atoms. The summed E-state index contributed by atoms with van der Waals surface area (Å²) >= 11 is 0. The molecule has 3 heterocycles. The van der Waals surface area contributed by atoms with Crippen LogP contribution in [0.2, 0.25) is 0 Å². The Bertz CT molecular complexity index is 1090. The van der Waals surface area contributed by atoms with Gasteiger partial charge in [-0.3, -0.25) is 9.62 Å². The molecular formula is C19H22F3N5O4S. The predicted octanol–water partition coefficient (Wildman–Crippen LogP) is 2.19. The Hall–Kier alpha value is -2.80. The lowest BCUT2D eigenvalue weighted by Crippen LogP contribution is -2.36. The zero-order chi connectivity index (χ0) is 23.1. The number of amides is 1. The Morgan fingerprint density at radius 1 is 1.19 bits per heavy atom. The maximum absolute atomic E-state index is 12.7. The van der Waals surface area contributed by atoms with Gasteiger partial charge in [0, 0.05) is 45.0 Å². The van der Waals surface area contributed by atoms with Crippen LogP contribution in [0.5, 0.6) is 5.75 Å². The minimum absolute atomic E-state index is 0.0724. The second-order valence-corrected chi connectivity index (χ2v) is 9.87. The van der Waals surface area contributed by atoms with Crippen LogP contribution in [0.1, 0.15) is 5.56 Å². The third-order valence-electron chi connectivity index (χ3n) is 5.45. The minimum Gasteiger partial charge on any atom is -0.406 e. The molecule has 2 atom stereocenters. The summed E-state index contributed by atoms with van der Waals surface area (Å²) in [6, 6.07) is 7.03. The first-order valence-corrected chi connectivity index (χ1v) is 11.7. The molecule has 0 spiro atoms. The van der Waals surface area contributed by atoms with Crippen molar-refractivity contribution >= 4 is 21.9 Å². The molecule has 2 saturated heterocycles. The number of carbonyl (C=O) groups is 1. The second-order valence-electron chi connectivity index (χ2n) is 8.12. The van der Waals surface area contributed by atoms with E-state index in [4.69, 9.17) is 0 Å². The topological polar surface area (TPSA) is 96.8 Å². The van der Waals surface area contributed by atoms with Crippen molar-refractivity contribution in [2.24, 2.45) is 11.8 Å². The monoisotopic (exact) mass is 473 g/mol. The number of halogens is 3. The fourth-order valence-corrected chi connectivity index (χ4v) is 4.78. The summed E-state index contributed by atoms with van der Waals surface area (Å²) < 4.78 is 67.2. The van der Waals surface area contributed by atoms with Gasteiger partial charge in [-0.05, 0) is 29.5 Å². The predicted molar refractivity (Wildman–Crippen MR) is 108 cm³/mol. The fourth-order valence-electron chi connectivity index (χ4n) is 4.29. The van der Waals surface area contributed by atoms with Crippen LogP contribution in [0.4, 0.5) is 23.8 Å². The van der Waals surface area contributed by atoms with E-state index in [1.54, 1.807) is 11.0 Å². The van der Waals surface area contributed by atoms with Crippen molar-refractivity contribution in [1.29, 1.82) is 0 Å². The van der Waals surface area contributed by atoms with Crippen molar-refractivity contribution < 1.29 is 31.1 Å². The number of fused-ring (bicyclic) bond motifs is 1. The minimum atomic E-state index is -4.73. The van der Waals surface area contributed by atoms with E-state index >= 15 is 0 Å². The standard InChI is InChI=1S/C19H22F3N5O4S/c1-32(29,30)24-17-5-6-27(23-17)18(28)26-11-14-9-25(10-15(14)12-26)8-13-3-2-4-16(7-13)31-19(20,21)22/h2-7,14-15H,8-12H2,1H3,(H,23,24). The lowest BCUT2D eigenvalue weighted by atomic mass is 10.0. The van der Waals surface area contributed by atoms with Crippen molar-refractivity contribution in [3.63, 3.8) is 0 Å². The molecule has 0 saturated carbocycles. The number of likely N-dealkylation sites (tertiary alicyclic amines) is 2. The number of aromatic nitrogens is 2. The number of nitrogens with zero attached hydrogens (tertiary/aromatic N) is 4. The van der Waals surface area contributed by atoms with Crippen molar-refractivity contribution in [2.75, 3.05) is 37.2 Å². The highest BCUT2D eigenvalue weighted by Gasteiger charge is 2.42. The van der Waals surface area contributed by atoms with Gasteiger partial charge in [0.05, 0.1) is 6.26 Å². The van der Waals surface area contributed by atoms with Gasteiger partial charge in [0.2, 0.25) is 10.0 Å². The van der Waals surface area contributed by atoms with E-state index in [1.807, 2.05) is 0 Å². The lowest BCUT2D eigenvalue weighted by Gasteiger charge is -2.21. The first-order chi connectivity index (χ1) is 14.9. The van der Waals surface area contributed by atoms with Gasteiger partial charge in [-0.2, -0.15) is 4.68 Å². The zero-order valence-corrected chi connectivity index (χ0v) is 17.9. The Morgan fingerprint density at radius 3 is 2.50 bits per heavy atom. The fraction of sp³-hybridized carbons (Fsp3) is 0.474. The van der Waals surface area contributed by atoms with Gasteiger partial charge in [-0.15, -0.1) is 18.3 Å². The van der Waals surface area contributed by atoms with E-state index in [9.17, 15) is 26.4 Å². The smallest absolute Gasteiger partial charge is 0.406 e. The Balaban J connectivity index is 1.32. The molecule has 0 radical (unpaired) electrons. The van der Waals surface area contributed by atoms with Crippen molar-refractivity contribution in [3.8, 4) is 5.75 Å². The Labute approximate surface area is 182 Å². The molecule has 13 heteroatoms. The average Bonchev–Trinajstić information content (AvgIpc) is 3.33. The van der Waals surface area contributed by atoms with E-state index < -0.39 is 16.4 Å². The van der Waals surface area contributed by atoms with Gasteiger partial charge in [0.15, 0.2) is 5.82 Å². The summed E-state index contributed by atoms with van der Waals surface area (Å²) in [5.41, 5.74) is 0.724. The molecule has 2 aliphatic rings. The van der Waals surface area contributed by atoms with Crippen molar-refractivity contribution in [1.82, 2.24) is 19.6 Å². The molecular weight excluding hydrogens is 451 g/mol. The van der Waals surface area contributed by atoms with E-state index in [2.05, 4.69) is 19.5 Å². The van der Waals surface area contributed by atoms with Crippen LogP contribution in [0.3, 0.4) is 0 Å². The molecule has 2 aromatic rings. The van der Waals surface area contributed by atoms with Crippen LogP contribution in [0.15, 0.2) is 36.5 Å². The highest BCUT2D eigenvalue weighted by Crippen LogP contribution is 2.33. The van der Waals surface area contributed by atoms with Crippen LogP contribution in [0.25, 0.3) is 0 Å². The van der Waals surface area contributed by atoms with Crippen LogP contribution in [-0.4, -0.2) is 72.8 Å². The maximum atomic E-state index is 12.7.